The molecule has 0 fully saturated rings. The van der Waals surface area contributed by atoms with Crippen molar-refractivity contribution in [1.82, 2.24) is 40.8 Å². The quantitative estimate of drug-likeness (QED) is 0.193. The lowest BCUT2D eigenvalue weighted by molar-refractivity contribution is 0.0911. The number of aliphatic hydroxyl groups excluding tert-OH is 1. The van der Waals surface area contributed by atoms with E-state index in [9.17, 15) is 9.90 Å². The second-order valence-corrected chi connectivity index (χ2v) is 8.93. The summed E-state index contributed by atoms with van der Waals surface area (Å²) in [6, 6.07) is 9.11. The predicted molar refractivity (Wildman–Crippen MR) is 145 cm³/mol. The number of carbonyl (C=O) groups excluding carboxylic acids is 1. The van der Waals surface area contributed by atoms with Crippen LogP contribution in [-0.4, -0.2) is 54.3 Å². The number of nitrogens with one attached hydrogen (secondary N) is 4. The maximum atomic E-state index is 12.9. The third kappa shape index (κ3) is 5.04. The van der Waals surface area contributed by atoms with Crippen LogP contribution in [-0.2, 0) is 13.0 Å². The van der Waals surface area contributed by atoms with Crippen LogP contribution in [0.1, 0.15) is 47.1 Å². The first-order chi connectivity index (χ1) is 18.6. The van der Waals surface area contributed by atoms with Crippen LogP contribution >= 0.6 is 0 Å². The molecule has 1 unspecified atom stereocenters. The summed E-state index contributed by atoms with van der Waals surface area (Å²) in [7, 11) is 0. The standard InChI is InChI=1S/C28H30N8O2/c1-3-20-19(12-29-4-2)13-31-14-22(20)17-7-8-23-21(10-17)26(36-35-23)27-32-15-24(33-27)28(38)34-25(16-37)18-6-5-9-30-11-18/h5-11,13-15,25,29,37H,3-4,12,16H2,1-2H3,(H,32,33)(H,34,38)(H,35,36). The SMILES string of the molecule is CCNCc1cncc(-c2ccc3[nH]nc(-c4ncc(C(=O)NC(CO)c5cccnc5)[nH]4)c3c2)c1CC. The molecule has 1 amide bonds. The van der Waals surface area contributed by atoms with E-state index in [1.165, 1.54) is 17.3 Å². The van der Waals surface area contributed by atoms with Crippen molar-refractivity contribution in [3.05, 3.63) is 83.7 Å². The number of hydrogen-bond acceptors (Lipinski definition) is 7. The fourth-order valence-electron chi connectivity index (χ4n) is 4.58. The van der Waals surface area contributed by atoms with E-state index in [-0.39, 0.29) is 18.2 Å². The Hall–Kier alpha value is -4.41. The molecule has 10 heteroatoms. The molecule has 5 rings (SSSR count). The molecule has 4 aromatic heterocycles. The van der Waals surface area contributed by atoms with Gasteiger partial charge in [0.2, 0.25) is 0 Å². The number of amides is 1. The maximum absolute atomic E-state index is 12.9. The summed E-state index contributed by atoms with van der Waals surface area (Å²) in [5, 5.41) is 24.4. The van der Waals surface area contributed by atoms with E-state index in [0.29, 0.717) is 17.1 Å². The Labute approximate surface area is 220 Å². The van der Waals surface area contributed by atoms with Gasteiger partial charge in [-0.25, -0.2) is 4.98 Å². The molecule has 0 saturated heterocycles. The number of aromatic nitrogens is 6. The Kier molecular flexibility index (Phi) is 7.52. The van der Waals surface area contributed by atoms with Gasteiger partial charge in [-0.15, -0.1) is 0 Å². The van der Waals surface area contributed by atoms with Crippen LogP contribution in [0.5, 0.6) is 0 Å². The van der Waals surface area contributed by atoms with E-state index < -0.39 is 6.04 Å². The Morgan fingerprint density at radius 1 is 1.11 bits per heavy atom. The second kappa shape index (κ2) is 11.3. The smallest absolute Gasteiger partial charge is 0.269 e. The van der Waals surface area contributed by atoms with Gasteiger partial charge in [-0.2, -0.15) is 5.10 Å². The number of benzene rings is 1. The van der Waals surface area contributed by atoms with Crippen LogP contribution in [0.3, 0.4) is 0 Å². The lowest BCUT2D eigenvalue weighted by Gasteiger charge is -2.15. The third-order valence-electron chi connectivity index (χ3n) is 6.56. The molecule has 194 valence electrons. The molecule has 1 aromatic carbocycles. The summed E-state index contributed by atoms with van der Waals surface area (Å²) in [6.45, 7) is 5.66. The van der Waals surface area contributed by atoms with Gasteiger partial charge in [-0.1, -0.05) is 26.0 Å². The molecule has 38 heavy (non-hydrogen) atoms. The van der Waals surface area contributed by atoms with Crippen molar-refractivity contribution in [2.24, 2.45) is 0 Å². The maximum Gasteiger partial charge on any atom is 0.269 e. The number of imidazole rings is 1. The van der Waals surface area contributed by atoms with Crippen molar-refractivity contribution in [3.63, 3.8) is 0 Å². The van der Waals surface area contributed by atoms with E-state index in [4.69, 9.17) is 0 Å². The first-order valence-corrected chi connectivity index (χ1v) is 12.6. The predicted octanol–water partition coefficient (Wildman–Crippen LogP) is 3.55. The highest BCUT2D eigenvalue weighted by atomic mass is 16.3. The zero-order chi connectivity index (χ0) is 26.5. The monoisotopic (exact) mass is 510 g/mol. The minimum absolute atomic E-state index is 0.254. The van der Waals surface area contributed by atoms with Crippen molar-refractivity contribution in [1.29, 1.82) is 0 Å². The molecule has 0 radical (unpaired) electrons. The number of rotatable bonds is 10. The molecule has 0 aliphatic rings. The zero-order valence-corrected chi connectivity index (χ0v) is 21.3. The average molecular weight is 511 g/mol. The highest BCUT2D eigenvalue weighted by Crippen LogP contribution is 2.32. The zero-order valence-electron chi connectivity index (χ0n) is 21.3. The van der Waals surface area contributed by atoms with Crippen LogP contribution in [0.15, 0.2) is 61.3 Å². The van der Waals surface area contributed by atoms with Gasteiger partial charge in [0.1, 0.15) is 11.4 Å². The van der Waals surface area contributed by atoms with Crippen LogP contribution in [0.25, 0.3) is 33.5 Å². The molecule has 0 aliphatic heterocycles. The van der Waals surface area contributed by atoms with Crippen molar-refractivity contribution >= 4 is 16.8 Å². The van der Waals surface area contributed by atoms with Crippen molar-refractivity contribution in [2.75, 3.05) is 13.2 Å². The molecule has 0 spiro atoms. The number of carbonyl (C=O) groups is 1. The Balaban J connectivity index is 1.44. The van der Waals surface area contributed by atoms with Crippen LogP contribution in [0.4, 0.5) is 0 Å². The first kappa shape index (κ1) is 25.2. The van der Waals surface area contributed by atoms with Crippen LogP contribution in [0, 0.1) is 0 Å². The summed E-state index contributed by atoms with van der Waals surface area (Å²) in [5.74, 6) is 0.0820. The molecular weight excluding hydrogens is 480 g/mol. The number of fused-ring (bicyclic) bond motifs is 1. The average Bonchev–Trinajstić information content (AvgIpc) is 3.62. The Bertz CT molecular complexity index is 1540. The summed E-state index contributed by atoms with van der Waals surface area (Å²) in [5.41, 5.74) is 7.02. The third-order valence-corrected chi connectivity index (χ3v) is 6.56. The first-order valence-electron chi connectivity index (χ1n) is 12.6. The Morgan fingerprint density at radius 2 is 2.00 bits per heavy atom. The summed E-state index contributed by atoms with van der Waals surface area (Å²) < 4.78 is 0. The van der Waals surface area contributed by atoms with Gasteiger partial charge in [0, 0.05) is 42.3 Å². The van der Waals surface area contributed by atoms with Gasteiger partial charge in [0.05, 0.1) is 24.4 Å². The number of hydrogen-bond donors (Lipinski definition) is 5. The molecule has 5 aromatic rings. The number of pyridine rings is 2. The van der Waals surface area contributed by atoms with E-state index in [1.807, 2.05) is 18.5 Å². The summed E-state index contributed by atoms with van der Waals surface area (Å²) in [6.07, 6.45) is 9.45. The van der Waals surface area contributed by atoms with Gasteiger partial charge in [-0.3, -0.25) is 19.9 Å². The van der Waals surface area contributed by atoms with Gasteiger partial charge in [-0.05, 0) is 53.4 Å². The van der Waals surface area contributed by atoms with Gasteiger partial charge >= 0.3 is 0 Å². The van der Waals surface area contributed by atoms with E-state index in [0.717, 1.165) is 41.5 Å². The van der Waals surface area contributed by atoms with Crippen LogP contribution < -0.4 is 10.6 Å². The fourth-order valence-corrected chi connectivity index (χ4v) is 4.58. The van der Waals surface area contributed by atoms with Crippen molar-refractivity contribution < 1.29 is 9.90 Å². The minimum Gasteiger partial charge on any atom is -0.394 e. The lowest BCUT2D eigenvalue weighted by atomic mass is 9.95. The van der Waals surface area contributed by atoms with E-state index in [2.05, 4.69) is 66.7 Å². The molecular formula is C28H30N8O2. The van der Waals surface area contributed by atoms with Gasteiger partial charge in [0.15, 0.2) is 5.82 Å². The fraction of sp³-hybridized carbons (Fsp3) is 0.250. The molecule has 5 N–H and O–H groups in total. The lowest BCUT2D eigenvalue weighted by Crippen LogP contribution is -2.31. The molecule has 10 nitrogen and oxygen atoms in total. The summed E-state index contributed by atoms with van der Waals surface area (Å²) >= 11 is 0. The second-order valence-electron chi connectivity index (χ2n) is 8.93. The largest absolute Gasteiger partial charge is 0.394 e. The van der Waals surface area contributed by atoms with Crippen molar-refractivity contribution in [2.45, 2.75) is 32.9 Å². The highest BCUT2D eigenvalue weighted by molar-refractivity contribution is 5.96. The number of H-pyrrole nitrogens is 2. The molecule has 1 atom stereocenters. The van der Waals surface area contributed by atoms with Gasteiger partial charge in [0.25, 0.3) is 5.91 Å². The van der Waals surface area contributed by atoms with E-state index in [1.54, 1.807) is 24.5 Å². The van der Waals surface area contributed by atoms with E-state index >= 15 is 0 Å². The van der Waals surface area contributed by atoms with Gasteiger partial charge < -0.3 is 20.7 Å². The highest BCUT2D eigenvalue weighted by Gasteiger charge is 2.19. The van der Waals surface area contributed by atoms with Crippen molar-refractivity contribution in [3.8, 4) is 22.6 Å². The molecule has 0 saturated carbocycles. The number of aromatic amines is 2. The Morgan fingerprint density at radius 3 is 2.76 bits per heavy atom. The molecule has 0 aliphatic carbocycles. The number of aliphatic hydroxyl groups is 1. The van der Waals surface area contributed by atoms with Crippen LogP contribution in [0.2, 0.25) is 0 Å². The topological polar surface area (TPSA) is 144 Å². The molecule has 4 heterocycles. The molecule has 0 bridgehead atoms. The summed E-state index contributed by atoms with van der Waals surface area (Å²) in [4.78, 5) is 29.0. The number of nitrogens with zero attached hydrogens (tertiary/aromatic N) is 4. The normalized spacial score (nSPS) is 12.1. The minimum atomic E-state index is -0.582.